The second-order valence-corrected chi connectivity index (χ2v) is 7.71. The number of nitro groups is 1. The minimum absolute atomic E-state index is 0.136. The van der Waals surface area contributed by atoms with Crippen molar-refractivity contribution in [3.05, 3.63) is 34.4 Å². The third-order valence-corrected chi connectivity index (χ3v) is 5.87. The molecule has 0 saturated carbocycles. The second kappa shape index (κ2) is 9.11. The van der Waals surface area contributed by atoms with E-state index in [1.807, 2.05) is 0 Å². The SMILES string of the molecule is O=[N+]([O-])c1ccc(O[C@H]2O[C@H](CO)[C@@H](O)[C@H](O)[C@@]2(O)[C@]2(O)CO[C@H](CO)[C@@H](O)[C@@H]2O)cc1. The Hall–Kier alpha value is -1.98. The van der Waals surface area contributed by atoms with Gasteiger partial charge < -0.3 is 55.1 Å². The van der Waals surface area contributed by atoms with Crippen LogP contribution < -0.4 is 4.74 Å². The lowest BCUT2D eigenvalue weighted by molar-refractivity contribution is -0.394. The summed E-state index contributed by atoms with van der Waals surface area (Å²) in [5.41, 5.74) is -6.24. The van der Waals surface area contributed by atoms with Crippen LogP contribution in [0, 0.1) is 10.1 Å². The van der Waals surface area contributed by atoms with E-state index in [-0.39, 0.29) is 11.4 Å². The maximum atomic E-state index is 11.4. The highest BCUT2D eigenvalue weighted by atomic mass is 16.7. The number of benzene rings is 1. The van der Waals surface area contributed by atoms with Crippen LogP contribution in [0.1, 0.15) is 0 Å². The summed E-state index contributed by atoms with van der Waals surface area (Å²) in [6.07, 6.45) is -13.3. The van der Waals surface area contributed by atoms with Crippen molar-refractivity contribution >= 4 is 5.69 Å². The van der Waals surface area contributed by atoms with Gasteiger partial charge in [-0.05, 0) is 12.1 Å². The van der Waals surface area contributed by atoms with Gasteiger partial charge in [0.05, 0.1) is 24.7 Å². The molecule has 2 fully saturated rings. The molecule has 180 valence electrons. The lowest BCUT2D eigenvalue weighted by Gasteiger charge is -2.57. The van der Waals surface area contributed by atoms with Crippen LogP contribution in [0.4, 0.5) is 5.69 Å². The number of rotatable bonds is 6. The van der Waals surface area contributed by atoms with Crippen molar-refractivity contribution in [3.8, 4) is 5.75 Å². The molecule has 8 N–H and O–H groups in total. The Bertz CT molecular complexity index is 809. The third kappa shape index (κ3) is 3.84. The Morgan fingerprint density at radius 1 is 1.00 bits per heavy atom. The number of non-ortho nitro benzene ring substituents is 1. The lowest BCUT2D eigenvalue weighted by Crippen LogP contribution is -2.83. The third-order valence-electron chi connectivity index (χ3n) is 5.87. The van der Waals surface area contributed by atoms with E-state index in [9.17, 15) is 51.0 Å². The molecule has 9 atom stereocenters. The van der Waals surface area contributed by atoms with Gasteiger partial charge in [0.1, 0.15) is 42.4 Å². The van der Waals surface area contributed by atoms with Crippen molar-refractivity contribution in [1.29, 1.82) is 0 Å². The quantitative estimate of drug-likeness (QED) is 0.149. The number of nitro benzene ring substituents is 1. The van der Waals surface area contributed by atoms with Gasteiger partial charge in [-0.3, -0.25) is 10.1 Å². The fraction of sp³-hybridized carbons (Fsp3) is 0.667. The molecule has 0 aromatic heterocycles. The van der Waals surface area contributed by atoms with Crippen molar-refractivity contribution in [1.82, 2.24) is 0 Å². The Balaban J connectivity index is 2.01. The number of hydrogen-bond donors (Lipinski definition) is 8. The predicted molar refractivity (Wildman–Crippen MR) is 100 cm³/mol. The molecule has 0 radical (unpaired) electrons. The van der Waals surface area contributed by atoms with Gasteiger partial charge in [-0.15, -0.1) is 0 Å². The van der Waals surface area contributed by atoms with E-state index < -0.39 is 78.9 Å². The number of hydrogen-bond acceptors (Lipinski definition) is 13. The van der Waals surface area contributed by atoms with E-state index in [0.29, 0.717) is 0 Å². The summed E-state index contributed by atoms with van der Waals surface area (Å²) in [6, 6.07) is 4.38. The molecule has 1 aromatic carbocycles. The van der Waals surface area contributed by atoms with Crippen LogP contribution >= 0.6 is 0 Å². The zero-order valence-corrected chi connectivity index (χ0v) is 16.5. The van der Waals surface area contributed by atoms with Crippen molar-refractivity contribution in [3.63, 3.8) is 0 Å². The summed E-state index contributed by atoms with van der Waals surface area (Å²) >= 11 is 0. The maximum absolute atomic E-state index is 11.4. The summed E-state index contributed by atoms with van der Waals surface area (Å²) in [5.74, 6) is -0.136. The topological polar surface area (TPSA) is 233 Å². The fourth-order valence-electron chi connectivity index (χ4n) is 3.86. The molecule has 0 spiro atoms. The van der Waals surface area contributed by atoms with Crippen molar-refractivity contribution in [2.75, 3.05) is 19.8 Å². The van der Waals surface area contributed by atoms with E-state index >= 15 is 0 Å². The molecule has 3 rings (SSSR count). The first-order valence-corrected chi connectivity index (χ1v) is 9.58. The summed E-state index contributed by atoms with van der Waals surface area (Å²) in [7, 11) is 0. The molecule has 0 bridgehead atoms. The van der Waals surface area contributed by atoms with Crippen LogP contribution in [0.25, 0.3) is 0 Å². The van der Waals surface area contributed by atoms with Crippen LogP contribution in [0.15, 0.2) is 24.3 Å². The van der Waals surface area contributed by atoms with Gasteiger partial charge in [0.15, 0.2) is 11.2 Å². The summed E-state index contributed by atoms with van der Waals surface area (Å²) in [6.45, 7) is -2.49. The van der Waals surface area contributed by atoms with Crippen LogP contribution in [-0.2, 0) is 9.47 Å². The van der Waals surface area contributed by atoms with E-state index in [1.54, 1.807) is 0 Å². The molecule has 32 heavy (non-hydrogen) atoms. The first-order valence-electron chi connectivity index (χ1n) is 9.58. The van der Waals surface area contributed by atoms with E-state index in [0.717, 1.165) is 24.3 Å². The molecule has 0 aliphatic carbocycles. The smallest absolute Gasteiger partial charge is 0.269 e. The normalized spacial score (nSPS) is 42.4. The average Bonchev–Trinajstić information content (AvgIpc) is 2.78. The zero-order chi connectivity index (χ0) is 23.8. The molecule has 0 unspecified atom stereocenters. The van der Waals surface area contributed by atoms with Gasteiger partial charge in [-0.2, -0.15) is 0 Å². The molecule has 0 amide bonds. The summed E-state index contributed by atoms with van der Waals surface area (Å²) < 4.78 is 15.9. The van der Waals surface area contributed by atoms with Gasteiger partial charge in [-0.1, -0.05) is 0 Å². The number of aliphatic hydroxyl groups is 8. The number of ether oxygens (including phenoxy) is 3. The van der Waals surface area contributed by atoms with Gasteiger partial charge in [-0.25, -0.2) is 0 Å². The highest BCUT2D eigenvalue weighted by Gasteiger charge is 2.71. The highest BCUT2D eigenvalue weighted by Crippen LogP contribution is 2.44. The molecule has 2 aliphatic heterocycles. The van der Waals surface area contributed by atoms with Gasteiger partial charge in [0.25, 0.3) is 5.69 Å². The van der Waals surface area contributed by atoms with Crippen molar-refractivity contribution in [2.45, 2.75) is 54.1 Å². The molecule has 1 aromatic rings. The Morgan fingerprint density at radius 2 is 1.56 bits per heavy atom. The van der Waals surface area contributed by atoms with Gasteiger partial charge >= 0.3 is 0 Å². The minimum atomic E-state index is -3.05. The van der Waals surface area contributed by atoms with Crippen molar-refractivity contribution < 1.29 is 60.0 Å². The van der Waals surface area contributed by atoms with E-state index in [1.165, 1.54) is 0 Å². The first kappa shape index (κ1) is 24.7. The van der Waals surface area contributed by atoms with Crippen molar-refractivity contribution in [2.24, 2.45) is 0 Å². The minimum Gasteiger partial charge on any atom is -0.462 e. The van der Waals surface area contributed by atoms with Gasteiger partial charge in [0, 0.05) is 12.1 Å². The van der Waals surface area contributed by atoms with Crippen LogP contribution in [-0.4, -0.2) is 120 Å². The number of nitrogens with zero attached hydrogens (tertiary/aromatic N) is 1. The molecule has 14 nitrogen and oxygen atoms in total. The molecule has 14 heteroatoms. The maximum Gasteiger partial charge on any atom is 0.269 e. The molecular weight excluding hydrogens is 438 g/mol. The molecule has 2 aliphatic rings. The largest absolute Gasteiger partial charge is 0.462 e. The highest BCUT2D eigenvalue weighted by molar-refractivity contribution is 5.36. The van der Waals surface area contributed by atoms with Crippen LogP contribution in [0.3, 0.4) is 0 Å². The lowest BCUT2D eigenvalue weighted by atomic mass is 9.68. The second-order valence-electron chi connectivity index (χ2n) is 7.71. The molecule has 2 heterocycles. The summed E-state index contributed by atoms with van der Waals surface area (Å²) in [5, 5.41) is 93.8. The van der Waals surface area contributed by atoms with Crippen LogP contribution in [0.2, 0.25) is 0 Å². The Labute approximate surface area is 180 Å². The predicted octanol–water partition coefficient (Wildman–Crippen LogP) is -4.01. The molecule has 2 saturated heterocycles. The van der Waals surface area contributed by atoms with Gasteiger partial charge in [0.2, 0.25) is 6.29 Å². The standard InChI is InChI=1S/C18H25NO13/c20-5-10-12(22)14(24)17(26,7-30-10)18(27)15(25)13(23)11(6-21)32-16(18)31-9-3-1-8(2-4-9)19(28)29/h1-4,10-16,20-27H,5-7H2/t10-,11-,12-,13-,14+,15+,16+,17+,18+/m1/s1. The van der Waals surface area contributed by atoms with Crippen LogP contribution in [0.5, 0.6) is 5.75 Å². The Kier molecular flexibility index (Phi) is 7.02. The van der Waals surface area contributed by atoms with E-state index in [2.05, 4.69) is 0 Å². The van der Waals surface area contributed by atoms with E-state index in [4.69, 9.17) is 14.2 Å². The molecular formula is C18H25NO13. The monoisotopic (exact) mass is 463 g/mol. The number of aliphatic hydroxyl groups excluding tert-OH is 6. The first-order chi connectivity index (χ1) is 15.0. The summed E-state index contributed by atoms with van der Waals surface area (Å²) in [4.78, 5) is 10.2. The average molecular weight is 463 g/mol. The fourth-order valence-corrected chi connectivity index (χ4v) is 3.86. The Morgan fingerprint density at radius 3 is 2.09 bits per heavy atom. The zero-order valence-electron chi connectivity index (χ0n) is 16.5.